The van der Waals surface area contributed by atoms with Gasteiger partial charge in [-0.1, -0.05) is 78.9 Å². The van der Waals surface area contributed by atoms with Gasteiger partial charge in [0.05, 0.1) is 0 Å². The van der Waals surface area contributed by atoms with Crippen LogP contribution in [0.1, 0.15) is 34.3 Å². The summed E-state index contributed by atoms with van der Waals surface area (Å²) in [6.45, 7) is 1.45. The predicted molar refractivity (Wildman–Crippen MR) is 112 cm³/mol. The normalized spacial score (nSPS) is 11.4. The van der Waals surface area contributed by atoms with E-state index >= 15 is 0 Å². The van der Waals surface area contributed by atoms with Crippen LogP contribution in [0.4, 0.5) is 0 Å². The van der Waals surface area contributed by atoms with E-state index in [1.165, 1.54) is 6.92 Å². The second-order valence-electron chi connectivity index (χ2n) is 6.64. The minimum Gasteiger partial charge on any atom is -0.452 e. The highest BCUT2D eigenvalue weighted by molar-refractivity contribution is 5.96. The number of rotatable bonds is 6. The van der Waals surface area contributed by atoms with Crippen LogP contribution in [0, 0.1) is 0 Å². The van der Waals surface area contributed by atoms with Gasteiger partial charge in [-0.3, -0.25) is 25.2 Å². The lowest BCUT2D eigenvalue weighted by atomic mass is 9.91. The van der Waals surface area contributed by atoms with Gasteiger partial charge in [0, 0.05) is 5.56 Å². The lowest BCUT2D eigenvalue weighted by Gasteiger charge is -2.20. The minimum absolute atomic E-state index is 0.399. The maximum Gasteiger partial charge on any atom is 0.318 e. The van der Waals surface area contributed by atoms with Crippen LogP contribution in [0.3, 0.4) is 0 Å². The van der Waals surface area contributed by atoms with Crippen molar-refractivity contribution in [3.63, 3.8) is 0 Å². The van der Waals surface area contributed by atoms with E-state index in [0.717, 1.165) is 11.1 Å². The molecule has 3 rings (SSSR count). The van der Waals surface area contributed by atoms with E-state index in [-0.39, 0.29) is 0 Å². The molecule has 30 heavy (non-hydrogen) atoms. The number of esters is 1. The number of carbonyl (C=O) groups is 3. The highest BCUT2D eigenvalue weighted by atomic mass is 16.5. The predicted octanol–water partition coefficient (Wildman–Crippen LogP) is 3.21. The first kappa shape index (κ1) is 20.8. The zero-order valence-corrected chi connectivity index (χ0v) is 16.4. The topological polar surface area (TPSA) is 84.5 Å². The molecule has 0 unspecified atom stereocenters. The fourth-order valence-corrected chi connectivity index (χ4v) is 2.93. The van der Waals surface area contributed by atoms with Crippen LogP contribution in [-0.2, 0) is 14.3 Å². The number of ether oxygens (including phenoxy) is 1. The van der Waals surface area contributed by atoms with E-state index < -0.39 is 29.8 Å². The van der Waals surface area contributed by atoms with E-state index in [1.54, 1.807) is 30.3 Å². The number of benzene rings is 3. The van der Waals surface area contributed by atoms with Gasteiger partial charge >= 0.3 is 5.97 Å². The van der Waals surface area contributed by atoms with Crippen LogP contribution in [0.25, 0.3) is 0 Å². The Morgan fingerprint density at radius 3 is 1.67 bits per heavy atom. The third-order valence-corrected chi connectivity index (χ3v) is 4.50. The van der Waals surface area contributed by atoms with Crippen molar-refractivity contribution < 1.29 is 19.1 Å². The molecule has 2 amide bonds. The molecule has 0 bridgehead atoms. The van der Waals surface area contributed by atoms with Crippen molar-refractivity contribution in [2.24, 2.45) is 0 Å². The lowest BCUT2D eigenvalue weighted by Crippen LogP contribution is -2.47. The number of hydrogen-bond acceptors (Lipinski definition) is 4. The average molecular weight is 402 g/mol. The largest absolute Gasteiger partial charge is 0.452 e. The Balaban J connectivity index is 1.65. The van der Waals surface area contributed by atoms with Gasteiger partial charge in [-0.05, 0) is 30.2 Å². The quantitative estimate of drug-likeness (QED) is 0.490. The minimum atomic E-state index is -1.09. The summed E-state index contributed by atoms with van der Waals surface area (Å²) in [5.74, 6) is -2.31. The third kappa shape index (κ3) is 5.32. The summed E-state index contributed by atoms with van der Waals surface area (Å²) < 4.78 is 5.42. The van der Waals surface area contributed by atoms with Gasteiger partial charge in [0.2, 0.25) is 0 Å². The summed E-state index contributed by atoms with van der Waals surface area (Å²) in [4.78, 5) is 37.3. The number of hydrogen-bond donors (Lipinski definition) is 2. The molecule has 0 fully saturated rings. The van der Waals surface area contributed by atoms with Crippen molar-refractivity contribution in [3.05, 3.63) is 108 Å². The summed E-state index contributed by atoms with van der Waals surface area (Å²) in [5, 5.41) is 0. The Kier molecular flexibility index (Phi) is 6.95. The lowest BCUT2D eigenvalue weighted by molar-refractivity contribution is -0.155. The van der Waals surface area contributed by atoms with Crippen LogP contribution >= 0.6 is 0 Å². The maximum absolute atomic E-state index is 12.9. The summed E-state index contributed by atoms with van der Waals surface area (Å²) >= 11 is 0. The number of nitrogens with one attached hydrogen (secondary N) is 2. The average Bonchev–Trinajstić information content (AvgIpc) is 2.79. The molecule has 6 nitrogen and oxygen atoms in total. The Bertz CT molecular complexity index is 952. The first-order valence-electron chi connectivity index (χ1n) is 9.52. The number of carbonyl (C=O) groups excluding carboxylic acids is 3. The standard InChI is InChI=1S/C24H22N2O4/c1-17(22(27)25-26-23(28)20-15-9-4-10-16-20)30-24(29)21(18-11-5-2-6-12-18)19-13-7-3-8-14-19/h2-17,21H,1H3,(H,25,27)(H,26,28)/t17-/m1/s1. The Hall–Kier alpha value is -3.93. The van der Waals surface area contributed by atoms with E-state index in [9.17, 15) is 14.4 Å². The molecule has 6 heteroatoms. The summed E-state index contributed by atoms with van der Waals surface area (Å²) in [5.41, 5.74) is 6.53. The fraction of sp³-hybridized carbons (Fsp3) is 0.125. The molecule has 0 aliphatic carbocycles. The van der Waals surface area contributed by atoms with E-state index in [4.69, 9.17) is 4.74 Å². The molecule has 0 saturated heterocycles. The summed E-state index contributed by atoms with van der Waals surface area (Å²) in [6, 6.07) is 26.9. The van der Waals surface area contributed by atoms with Crippen LogP contribution in [-0.4, -0.2) is 23.9 Å². The van der Waals surface area contributed by atoms with Gasteiger partial charge < -0.3 is 4.74 Å². The first-order valence-corrected chi connectivity index (χ1v) is 9.52. The molecule has 0 spiro atoms. The number of amides is 2. The van der Waals surface area contributed by atoms with Crippen molar-refractivity contribution in [2.45, 2.75) is 18.9 Å². The molecule has 2 N–H and O–H groups in total. The fourth-order valence-electron chi connectivity index (χ4n) is 2.93. The van der Waals surface area contributed by atoms with E-state index in [0.29, 0.717) is 5.56 Å². The van der Waals surface area contributed by atoms with E-state index in [1.807, 2.05) is 60.7 Å². The van der Waals surface area contributed by atoms with Crippen molar-refractivity contribution in [2.75, 3.05) is 0 Å². The molecule has 0 aliphatic heterocycles. The van der Waals surface area contributed by atoms with Crippen molar-refractivity contribution in [1.82, 2.24) is 10.9 Å². The number of hydrazine groups is 1. The van der Waals surface area contributed by atoms with Crippen molar-refractivity contribution >= 4 is 17.8 Å². The van der Waals surface area contributed by atoms with Gasteiger partial charge in [-0.2, -0.15) is 0 Å². The van der Waals surface area contributed by atoms with Crippen LogP contribution in [0.5, 0.6) is 0 Å². The van der Waals surface area contributed by atoms with Crippen molar-refractivity contribution in [3.8, 4) is 0 Å². The van der Waals surface area contributed by atoms with Gasteiger partial charge in [-0.25, -0.2) is 0 Å². The zero-order chi connectivity index (χ0) is 21.3. The Labute approximate surface area is 174 Å². The zero-order valence-electron chi connectivity index (χ0n) is 16.4. The Morgan fingerprint density at radius 2 is 1.17 bits per heavy atom. The van der Waals surface area contributed by atoms with E-state index in [2.05, 4.69) is 10.9 Å². The van der Waals surface area contributed by atoms with Gasteiger partial charge in [0.15, 0.2) is 6.10 Å². The molecule has 152 valence electrons. The molecule has 0 aromatic heterocycles. The first-order chi connectivity index (χ1) is 14.6. The molecule has 3 aromatic rings. The van der Waals surface area contributed by atoms with Crippen LogP contribution in [0.2, 0.25) is 0 Å². The van der Waals surface area contributed by atoms with Gasteiger partial charge in [-0.15, -0.1) is 0 Å². The molecule has 1 atom stereocenters. The second kappa shape index (κ2) is 10.0. The van der Waals surface area contributed by atoms with Gasteiger partial charge in [0.25, 0.3) is 11.8 Å². The van der Waals surface area contributed by atoms with Crippen LogP contribution in [0.15, 0.2) is 91.0 Å². The second-order valence-corrected chi connectivity index (χ2v) is 6.64. The molecule has 0 heterocycles. The highest BCUT2D eigenvalue weighted by Gasteiger charge is 2.28. The Morgan fingerprint density at radius 1 is 0.700 bits per heavy atom. The maximum atomic E-state index is 12.9. The van der Waals surface area contributed by atoms with Crippen molar-refractivity contribution in [1.29, 1.82) is 0 Å². The molecule has 0 radical (unpaired) electrons. The summed E-state index contributed by atoms with van der Waals surface area (Å²) in [7, 11) is 0. The monoisotopic (exact) mass is 402 g/mol. The van der Waals surface area contributed by atoms with Gasteiger partial charge in [0.1, 0.15) is 5.92 Å². The molecular weight excluding hydrogens is 380 g/mol. The molecule has 0 aliphatic rings. The van der Waals surface area contributed by atoms with Crippen LogP contribution < -0.4 is 10.9 Å². The smallest absolute Gasteiger partial charge is 0.318 e. The molecule has 0 saturated carbocycles. The molecule has 3 aromatic carbocycles. The highest BCUT2D eigenvalue weighted by Crippen LogP contribution is 2.26. The third-order valence-electron chi connectivity index (χ3n) is 4.50. The molecular formula is C24H22N2O4. The SMILES string of the molecule is C[C@@H](OC(=O)C(c1ccccc1)c1ccccc1)C(=O)NNC(=O)c1ccccc1. The summed E-state index contributed by atoms with van der Waals surface area (Å²) in [6.07, 6.45) is -1.09.